The van der Waals surface area contributed by atoms with Crippen LogP contribution in [0.3, 0.4) is 0 Å². The van der Waals surface area contributed by atoms with E-state index in [1.165, 1.54) is 0 Å². The van der Waals surface area contributed by atoms with Gasteiger partial charge in [0.25, 0.3) is 0 Å². The first-order chi connectivity index (χ1) is 16.1. The van der Waals surface area contributed by atoms with Gasteiger partial charge in [0.2, 0.25) is 17.8 Å². The van der Waals surface area contributed by atoms with E-state index >= 15 is 0 Å². The molecule has 0 spiro atoms. The molecule has 0 aliphatic carbocycles. The second-order valence-electron chi connectivity index (χ2n) is 7.65. The van der Waals surface area contributed by atoms with Crippen LogP contribution in [-0.4, -0.2) is 47.8 Å². The molecule has 178 valence electrons. The Balaban J connectivity index is 1.51. The summed E-state index contributed by atoms with van der Waals surface area (Å²) in [5, 5.41) is 11.1. The number of aliphatic imine (C=N–C) groups is 2. The number of benzene rings is 2. The van der Waals surface area contributed by atoms with Crippen LogP contribution in [0.1, 0.15) is 13.8 Å². The van der Waals surface area contributed by atoms with Crippen LogP contribution in [0.5, 0.6) is 11.5 Å². The van der Waals surface area contributed by atoms with E-state index < -0.39 is 17.5 Å². The number of nitrogens with one attached hydrogen (secondary N) is 1. The van der Waals surface area contributed by atoms with E-state index in [1.807, 2.05) is 38.1 Å². The van der Waals surface area contributed by atoms with Gasteiger partial charge in [-0.1, -0.05) is 6.07 Å². The molecule has 11 heteroatoms. The topological polar surface area (TPSA) is 165 Å². The van der Waals surface area contributed by atoms with Crippen LogP contribution in [0.15, 0.2) is 70.7 Å². The van der Waals surface area contributed by atoms with Gasteiger partial charge in [-0.2, -0.15) is 4.99 Å². The fourth-order valence-corrected chi connectivity index (χ4v) is 3.25. The maximum absolute atomic E-state index is 11.6. The van der Waals surface area contributed by atoms with Gasteiger partial charge in [-0.3, -0.25) is 9.69 Å². The Morgan fingerprint density at radius 3 is 2.38 bits per heavy atom. The maximum Gasteiger partial charge on any atom is 0.328 e. The normalized spacial score (nSPS) is 14.8. The van der Waals surface area contributed by atoms with Crippen molar-refractivity contribution in [2.75, 3.05) is 23.4 Å². The molecular weight excluding hydrogens is 440 g/mol. The molecule has 0 atom stereocenters. The highest BCUT2D eigenvalue weighted by Gasteiger charge is 2.33. The second-order valence-corrected chi connectivity index (χ2v) is 7.65. The number of amides is 1. The molecule has 11 nitrogen and oxygen atoms in total. The molecule has 6 N–H and O–H groups in total. The standard InChI is InChI=1S/C23H26N6O5/c1-23(2)28-21(24)27-22(25)29(23)16-4-3-5-18(14-16)34-13-12-33-17-8-6-15(7-9-17)26-19(30)10-11-20(31)32/h3-11,14H,12-13H2,1-2H3,(H,26,30)(H,31,32)(H4,24,25,27,28)/b11-10-. The van der Waals surface area contributed by atoms with Gasteiger partial charge in [-0.25, -0.2) is 9.79 Å². The lowest BCUT2D eigenvalue weighted by atomic mass is 10.1. The van der Waals surface area contributed by atoms with Gasteiger partial charge < -0.3 is 31.4 Å². The average molecular weight is 466 g/mol. The van der Waals surface area contributed by atoms with Crippen molar-refractivity contribution < 1.29 is 24.2 Å². The van der Waals surface area contributed by atoms with E-state index in [1.54, 1.807) is 29.2 Å². The number of guanidine groups is 2. The summed E-state index contributed by atoms with van der Waals surface area (Å²) in [5.74, 6) is -0.140. The minimum absolute atomic E-state index is 0.133. The highest BCUT2D eigenvalue weighted by Crippen LogP contribution is 2.29. The molecule has 0 saturated heterocycles. The lowest BCUT2D eigenvalue weighted by Crippen LogP contribution is -2.54. The average Bonchev–Trinajstić information content (AvgIpc) is 2.75. The zero-order valence-corrected chi connectivity index (χ0v) is 18.8. The van der Waals surface area contributed by atoms with Crippen LogP contribution >= 0.6 is 0 Å². The predicted octanol–water partition coefficient (Wildman–Crippen LogP) is 1.91. The third kappa shape index (κ3) is 6.48. The number of nitrogens with two attached hydrogens (primary N) is 2. The van der Waals surface area contributed by atoms with Crippen LogP contribution in [0.2, 0.25) is 0 Å². The lowest BCUT2D eigenvalue weighted by molar-refractivity contribution is -0.131. The SMILES string of the molecule is CC1(C)N=C(N)N=C(N)N1c1cccc(OCCOc2ccc(NC(=O)/C=C\C(=O)O)cc2)c1. The highest BCUT2D eigenvalue weighted by atomic mass is 16.5. The van der Waals surface area contributed by atoms with Crippen LogP contribution in [0.25, 0.3) is 0 Å². The number of hydrogen-bond acceptors (Lipinski definition) is 9. The summed E-state index contributed by atoms with van der Waals surface area (Å²) in [6, 6.07) is 14.0. The van der Waals surface area contributed by atoms with Gasteiger partial charge >= 0.3 is 5.97 Å². The van der Waals surface area contributed by atoms with E-state index in [-0.39, 0.29) is 18.5 Å². The fraction of sp³-hybridized carbons (Fsp3) is 0.217. The van der Waals surface area contributed by atoms with Gasteiger partial charge in [0.1, 0.15) is 30.4 Å². The first kappa shape index (κ1) is 24.1. The Morgan fingerprint density at radius 1 is 1.06 bits per heavy atom. The molecular formula is C23H26N6O5. The van der Waals surface area contributed by atoms with Crippen molar-refractivity contribution >= 4 is 35.2 Å². The molecule has 1 heterocycles. The largest absolute Gasteiger partial charge is 0.490 e. The number of hydrogen-bond donors (Lipinski definition) is 4. The summed E-state index contributed by atoms with van der Waals surface area (Å²) in [5.41, 5.74) is 12.4. The van der Waals surface area contributed by atoms with Crippen LogP contribution in [0, 0.1) is 0 Å². The molecule has 2 aromatic carbocycles. The monoisotopic (exact) mass is 466 g/mol. The van der Waals surface area contributed by atoms with Gasteiger partial charge in [0.05, 0.1) is 0 Å². The number of carboxylic acid groups (broad SMARTS) is 1. The van der Waals surface area contributed by atoms with Crippen LogP contribution < -0.4 is 31.2 Å². The lowest BCUT2D eigenvalue weighted by Gasteiger charge is -2.38. The van der Waals surface area contributed by atoms with Crippen molar-refractivity contribution in [1.29, 1.82) is 0 Å². The Morgan fingerprint density at radius 2 is 1.74 bits per heavy atom. The third-order valence-electron chi connectivity index (χ3n) is 4.59. The number of aliphatic carboxylic acids is 1. The molecule has 2 aromatic rings. The molecule has 1 amide bonds. The summed E-state index contributed by atoms with van der Waals surface area (Å²) in [6.45, 7) is 4.34. The molecule has 0 aromatic heterocycles. The fourth-order valence-electron chi connectivity index (χ4n) is 3.25. The molecule has 3 rings (SSSR count). The first-order valence-corrected chi connectivity index (χ1v) is 10.3. The predicted molar refractivity (Wildman–Crippen MR) is 129 cm³/mol. The van der Waals surface area contributed by atoms with Crippen LogP contribution in [0.4, 0.5) is 11.4 Å². The summed E-state index contributed by atoms with van der Waals surface area (Å²) in [4.78, 5) is 32.2. The van der Waals surface area contributed by atoms with Crippen molar-refractivity contribution in [3.05, 3.63) is 60.7 Å². The Hall–Kier alpha value is -4.54. The number of rotatable bonds is 9. The van der Waals surface area contributed by atoms with Gasteiger partial charge in [-0.05, 0) is 50.2 Å². The Kier molecular flexibility index (Phi) is 7.36. The number of carbonyl (C=O) groups excluding carboxylic acids is 1. The number of ether oxygens (including phenoxy) is 2. The molecule has 1 aliphatic rings. The summed E-state index contributed by atoms with van der Waals surface area (Å²) < 4.78 is 11.5. The molecule has 0 saturated carbocycles. The first-order valence-electron chi connectivity index (χ1n) is 10.3. The quantitative estimate of drug-likeness (QED) is 0.321. The van der Waals surface area contributed by atoms with Gasteiger partial charge in [-0.15, -0.1) is 0 Å². The maximum atomic E-state index is 11.6. The van der Waals surface area contributed by atoms with E-state index in [4.69, 9.17) is 26.0 Å². The number of nitrogens with zero attached hydrogens (tertiary/aromatic N) is 3. The smallest absolute Gasteiger partial charge is 0.328 e. The summed E-state index contributed by atoms with van der Waals surface area (Å²) >= 11 is 0. The number of carbonyl (C=O) groups is 2. The molecule has 0 bridgehead atoms. The number of anilines is 2. The minimum Gasteiger partial charge on any atom is -0.490 e. The molecule has 1 aliphatic heterocycles. The molecule has 0 radical (unpaired) electrons. The number of carboxylic acids is 1. The van der Waals surface area contributed by atoms with Gasteiger partial charge in [0, 0.05) is 29.6 Å². The Bertz CT molecular complexity index is 1140. The molecule has 34 heavy (non-hydrogen) atoms. The van der Waals surface area contributed by atoms with E-state index in [2.05, 4.69) is 15.3 Å². The van der Waals surface area contributed by atoms with Gasteiger partial charge in [0.15, 0.2) is 0 Å². The highest BCUT2D eigenvalue weighted by molar-refractivity contribution is 6.05. The minimum atomic E-state index is -1.19. The second kappa shape index (κ2) is 10.4. The summed E-state index contributed by atoms with van der Waals surface area (Å²) in [7, 11) is 0. The van der Waals surface area contributed by atoms with Crippen molar-refractivity contribution in [3.63, 3.8) is 0 Å². The van der Waals surface area contributed by atoms with Crippen molar-refractivity contribution in [1.82, 2.24) is 0 Å². The van der Waals surface area contributed by atoms with Crippen molar-refractivity contribution in [2.45, 2.75) is 19.5 Å². The third-order valence-corrected chi connectivity index (χ3v) is 4.59. The zero-order chi connectivity index (χ0) is 24.7. The van der Waals surface area contributed by atoms with E-state index in [0.29, 0.717) is 23.8 Å². The van der Waals surface area contributed by atoms with Crippen molar-refractivity contribution in [3.8, 4) is 11.5 Å². The molecule has 0 fully saturated rings. The molecule has 0 unspecified atom stereocenters. The van der Waals surface area contributed by atoms with Crippen molar-refractivity contribution in [2.24, 2.45) is 21.5 Å². The zero-order valence-electron chi connectivity index (χ0n) is 18.8. The van der Waals surface area contributed by atoms with E-state index in [0.717, 1.165) is 17.8 Å². The summed E-state index contributed by atoms with van der Waals surface area (Å²) in [6.07, 6.45) is 1.71. The van der Waals surface area contributed by atoms with Crippen LogP contribution in [-0.2, 0) is 9.59 Å². The van der Waals surface area contributed by atoms with E-state index in [9.17, 15) is 9.59 Å². The Labute approximate surface area is 196 Å².